The largest absolute Gasteiger partial charge is 0.384 e. The summed E-state index contributed by atoms with van der Waals surface area (Å²) >= 11 is 2.00. The van der Waals surface area contributed by atoms with E-state index in [9.17, 15) is 0 Å². The fourth-order valence-corrected chi connectivity index (χ4v) is 3.41. The maximum Gasteiger partial charge on any atom is 0.127 e. The molecule has 3 nitrogen and oxygen atoms in total. The van der Waals surface area contributed by atoms with Crippen molar-refractivity contribution < 1.29 is 0 Å². The second kappa shape index (κ2) is 4.95. The van der Waals surface area contributed by atoms with Gasteiger partial charge in [0.05, 0.1) is 5.69 Å². The van der Waals surface area contributed by atoms with Crippen LogP contribution in [-0.4, -0.2) is 21.1 Å². The summed E-state index contributed by atoms with van der Waals surface area (Å²) in [5, 5.41) is 0. The number of allylic oxidation sites excluding steroid dienone is 1. The minimum atomic E-state index is 0.557. The normalized spacial score (nSPS) is 20.2. The molecule has 2 rings (SSSR count). The van der Waals surface area contributed by atoms with Crippen LogP contribution in [0, 0.1) is 0 Å². The van der Waals surface area contributed by atoms with Crippen molar-refractivity contribution in [2.75, 3.05) is 17.2 Å². The van der Waals surface area contributed by atoms with E-state index in [4.69, 9.17) is 10.7 Å². The number of rotatable bonds is 4. The monoisotopic (exact) mass is 237 g/mol. The van der Waals surface area contributed by atoms with Crippen molar-refractivity contribution in [1.29, 1.82) is 0 Å². The van der Waals surface area contributed by atoms with Gasteiger partial charge in [0.15, 0.2) is 0 Å². The molecule has 1 aromatic rings. The standard InChI is InChI=1S/C12H19N3S/c1-3-6-15-10(4-2)14-11(12(15)13)9-5-7-16-8-9/h3,9H,1,4-8,13H2,2H3. The van der Waals surface area contributed by atoms with Crippen molar-refractivity contribution in [1.82, 2.24) is 9.55 Å². The molecule has 0 spiro atoms. The summed E-state index contributed by atoms with van der Waals surface area (Å²) in [7, 11) is 0. The number of hydrogen-bond donors (Lipinski definition) is 1. The van der Waals surface area contributed by atoms with Gasteiger partial charge in [-0.3, -0.25) is 0 Å². The topological polar surface area (TPSA) is 43.8 Å². The van der Waals surface area contributed by atoms with Crippen LogP contribution in [0.4, 0.5) is 5.82 Å². The fraction of sp³-hybridized carbons (Fsp3) is 0.583. The molecule has 1 atom stereocenters. The third-order valence-corrected chi connectivity index (χ3v) is 4.22. The van der Waals surface area contributed by atoms with Crippen LogP contribution in [0.15, 0.2) is 12.7 Å². The number of thioether (sulfide) groups is 1. The van der Waals surface area contributed by atoms with E-state index in [1.807, 2.05) is 17.8 Å². The van der Waals surface area contributed by atoms with Crippen LogP contribution >= 0.6 is 11.8 Å². The predicted molar refractivity (Wildman–Crippen MR) is 70.9 cm³/mol. The van der Waals surface area contributed by atoms with Gasteiger partial charge in [-0.05, 0) is 12.2 Å². The highest BCUT2D eigenvalue weighted by molar-refractivity contribution is 7.99. The van der Waals surface area contributed by atoms with Crippen LogP contribution in [0.1, 0.15) is 30.8 Å². The van der Waals surface area contributed by atoms with Crippen molar-refractivity contribution >= 4 is 17.6 Å². The average Bonchev–Trinajstić information content (AvgIpc) is 2.89. The number of nitrogens with two attached hydrogens (primary N) is 1. The van der Waals surface area contributed by atoms with Gasteiger partial charge in [-0.2, -0.15) is 11.8 Å². The third kappa shape index (κ3) is 1.98. The summed E-state index contributed by atoms with van der Waals surface area (Å²) in [4.78, 5) is 4.71. The van der Waals surface area contributed by atoms with Crippen molar-refractivity contribution in [2.24, 2.45) is 0 Å². The zero-order valence-corrected chi connectivity index (χ0v) is 10.6. The van der Waals surface area contributed by atoms with E-state index in [-0.39, 0.29) is 0 Å². The van der Waals surface area contributed by atoms with Gasteiger partial charge < -0.3 is 10.3 Å². The Morgan fingerprint density at radius 3 is 3.06 bits per heavy atom. The molecule has 1 aliphatic rings. The molecule has 0 aliphatic carbocycles. The number of nitrogens with zero attached hydrogens (tertiary/aromatic N) is 2. The summed E-state index contributed by atoms with van der Waals surface area (Å²) in [5.41, 5.74) is 7.30. The van der Waals surface area contributed by atoms with Gasteiger partial charge in [-0.25, -0.2) is 4.98 Å². The summed E-state index contributed by atoms with van der Waals surface area (Å²) in [6, 6.07) is 0. The Bertz CT molecular complexity index is 378. The summed E-state index contributed by atoms with van der Waals surface area (Å²) in [6.07, 6.45) is 4.02. The van der Waals surface area contributed by atoms with Crippen LogP contribution in [0.25, 0.3) is 0 Å². The second-order valence-corrected chi connectivity index (χ2v) is 5.26. The summed E-state index contributed by atoms with van der Waals surface area (Å²) in [6.45, 7) is 6.66. The van der Waals surface area contributed by atoms with E-state index in [1.165, 1.54) is 17.9 Å². The van der Waals surface area contributed by atoms with Crippen LogP contribution in [0.3, 0.4) is 0 Å². The Morgan fingerprint density at radius 1 is 1.69 bits per heavy atom. The molecule has 0 aromatic carbocycles. The molecule has 1 fully saturated rings. The average molecular weight is 237 g/mol. The molecule has 2 N–H and O–H groups in total. The Balaban J connectivity index is 2.34. The molecule has 1 unspecified atom stereocenters. The Morgan fingerprint density at radius 2 is 2.50 bits per heavy atom. The molecule has 2 heterocycles. The van der Waals surface area contributed by atoms with E-state index in [2.05, 4.69) is 18.1 Å². The number of nitrogen functional groups attached to an aromatic ring is 1. The molecule has 0 radical (unpaired) electrons. The Hall–Kier alpha value is -0.900. The highest BCUT2D eigenvalue weighted by Crippen LogP contribution is 2.35. The molecule has 1 aliphatic heterocycles. The molecule has 0 saturated carbocycles. The molecule has 0 amide bonds. The maximum absolute atomic E-state index is 6.19. The van der Waals surface area contributed by atoms with Crippen LogP contribution in [0.5, 0.6) is 0 Å². The third-order valence-electron chi connectivity index (χ3n) is 3.06. The van der Waals surface area contributed by atoms with Crippen molar-refractivity contribution in [3.05, 3.63) is 24.2 Å². The lowest BCUT2D eigenvalue weighted by Gasteiger charge is -2.07. The van der Waals surface area contributed by atoms with Gasteiger partial charge >= 0.3 is 0 Å². The number of imidazole rings is 1. The number of anilines is 1. The Labute approximate surface area is 101 Å². The van der Waals surface area contributed by atoms with Crippen molar-refractivity contribution in [3.8, 4) is 0 Å². The van der Waals surface area contributed by atoms with Gasteiger partial charge in [0.25, 0.3) is 0 Å². The highest BCUT2D eigenvalue weighted by Gasteiger charge is 2.24. The molecule has 0 bridgehead atoms. The maximum atomic E-state index is 6.19. The van der Waals surface area contributed by atoms with E-state index in [0.717, 1.165) is 30.3 Å². The quantitative estimate of drug-likeness (QED) is 0.818. The van der Waals surface area contributed by atoms with Crippen LogP contribution in [0.2, 0.25) is 0 Å². The van der Waals surface area contributed by atoms with E-state index < -0.39 is 0 Å². The number of aromatic nitrogens is 2. The van der Waals surface area contributed by atoms with E-state index >= 15 is 0 Å². The predicted octanol–water partition coefficient (Wildman–Crippen LogP) is 2.43. The number of aryl methyl sites for hydroxylation is 1. The van der Waals surface area contributed by atoms with Crippen LogP contribution in [-0.2, 0) is 13.0 Å². The van der Waals surface area contributed by atoms with Gasteiger partial charge in [0.2, 0.25) is 0 Å². The molecule has 1 aromatic heterocycles. The molecular formula is C12H19N3S. The minimum absolute atomic E-state index is 0.557. The minimum Gasteiger partial charge on any atom is -0.384 e. The zero-order chi connectivity index (χ0) is 11.5. The second-order valence-electron chi connectivity index (χ2n) is 4.11. The lowest BCUT2D eigenvalue weighted by Crippen LogP contribution is -2.06. The smallest absolute Gasteiger partial charge is 0.127 e. The lowest BCUT2D eigenvalue weighted by atomic mass is 10.1. The number of hydrogen-bond acceptors (Lipinski definition) is 3. The van der Waals surface area contributed by atoms with Crippen molar-refractivity contribution in [2.45, 2.75) is 32.2 Å². The van der Waals surface area contributed by atoms with E-state index in [1.54, 1.807) is 0 Å². The molecular weight excluding hydrogens is 218 g/mol. The van der Waals surface area contributed by atoms with Crippen molar-refractivity contribution in [3.63, 3.8) is 0 Å². The van der Waals surface area contributed by atoms with E-state index in [0.29, 0.717) is 5.92 Å². The first-order valence-electron chi connectivity index (χ1n) is 5.81. The van der Waals surface area contributed by atoms with Gasteiger partial charge in [0.1, 0.15) is 11.6 Å². The van der Waals surface area contributed by atoms with Crippen LogP contribution < -0.4 is 5.73 Å². The molecule has 1 saturated heterocycles. The first-order chi connectivity index (χ1) is 7.77. The highest BCUT2D eigenvalue weighted by atomic mass is 32.2. The van der Waals surface area contributed by atoms with Gasteiger partial charge in [-0.1, -0.05) is 13.0 Å². The lowest BCUT2D eigenvalue weighted by molar-refractivity contribution is 0.751. The molecule has 16 heavy (non-hydrogen) atoms. The fourth-order valence-electron chi connectivity index (χ4n) is 2.19. The molecule has 88 valence electrons. The van der Waals surface area contributed by atoms with Gasteiger partial charge in [0, 0.05) is 24.6 Å². The first kappa shape index (κ1) is 11.6. The summed E-state index contributed by atoms with van der Waals surface area (Å²) < 4.78 is 2.09. The zero-order valence-electron chi connectivity index (χ0n) is 9.78. The SMILES string of the molecule is C=CCn1c(CC)nc(C2CCSC2)c1N. The first-order valence-corrected chi connectivity index (χ1v) is 6.96. The Kier molecular flexibility index (Phi) is 3.59. The summed E-state index contributed by atoms with van der Waals surface area (Å²) in [5.74, 6) is 4.90. The van der Waals surface area contributed by atoms with Gasteiger partial charge in [-0.15, -0.1) is 6.58 Å². The molecule has 4 heteroatoms.